The van der Waals surface area contributed by atoms with Crippen molar-refractivity contribution in [2.24, 2.45) is 17.5 Å². The second kappa shape index (κ2) is 10.5. The highest BCUT2D eigenvalue weighted by Crippen LogP contribution is 2.36. The molecule has 2 aromatic heterocycles. The zero-order valence-electron chi connectivity index (χ0n) is 20.0. The number of aromatic nitrogens is 3. The van der Waals surface area contributed by atoms with Crippen molar-refractivity contribution in [2.75, 3.05) is 20.3 Å². The van der Waals surface area contributed by atoms with Crippen LogP contribution in [0.2, 0.25) is 0 Å². The molecule has 4 N–H and O–H groups in total. The lowest BCUT2D eigenvalue weighted by Gasteiger charge is -2.30. The van der Waals surface area contributed by atoms with E-state index in [0.717, 1.165) is 36.4 Å². The van der Waals surface area contributed by atoms with E-state index in [2.05, 4.69) is 23.0 Å². The van der Waals surface area contributed by atoms with Gasteiger partial charge in [0.25, 0.3) is 0 Å². The molecule has 2 aromatic rings. The standard InChI is InChI=1S/C25H36N6O2/c1-4-17-11-13-32-23(14-17)19-8-9-21(29-16(19)2)24(26)22(31(3)27)15-33-25-28-12-10-20(30-25)18-6-5-7-18/h8-10,12,17-18,23H,4-7,11,13-15,26-27H2,1-3H3/b24-22-. The first kappa shape index (κ1) is 23.4. The van der Waals surface area contributed by atoms with Gasteiger partial charge in [0.05, 0.1) is 28.9 Å². The summed E-state index contributed by atoms with van der Waals surface area (Å²) in [6.45, 7) is 5.21. The number of pyridine rings is 1. The first-order chi connectivity index (χ1) is 16.0. The predicted octanol–water partition coefficient (Wildman–Crippen LogP) is 3.84. The van der Waals surface area contributed by atoms with Crippen LogP contribution in [0, 0.1) is 12.8 Å². The molecule has 2 fully saturated rings. The number of nitrogens with two attached hydrogens (primary N) is 2. The SMILES string of the molecule is CCC1CCOC(c2ccc(/C(N)=C(\COc3nccc(C4CCC4)n3)N(C)N)nc2C)C1. The normalized spacial score (nSPS) is 21.8. The van der Waals surface area contributed by atoms with E-state index in [1.807, 2.05) is 19.1 Å². The van der Waals surface area contributed by atoms with Crippen molar-refractivity contribution < 1.29 is 9.47 Å². The van der Waals surface area contributed by atoms with Crippen LogP contribution in [0.4, 0.5) is 0 Å². The Labute approximate surface area is 196 Å². The van der Waals surface area contributed by atoms with Crippen molar-refractivity contribution >= 4 is 5.70 Å². The molecular weight excluding hydrogens is 416 g/mol. The van der Waals surface area contributed by atoms with Crippen LogP contribution < -0.4 is 16.3 Å². The number of ether oxygens (including phenoxy) is 2. The Morgan fingerprint density at radius 2 is 2.03 bits per heavy atom. The number of hydrogen-bond donors (Lipinski definition) is 2. The molecule has 1 aliphatic heterocycles. The first-order valence-corrected chi connectivity index (χ1v) is 12.0. The number of aryl methyl sites for hydroxylation is 1. The van der Waals surface area contributed by atoms with Gasteiger partial charge in [0.1, 0.15) is 6.61 Å². The van der Waals surface area contributed by atoms with Gasteiger partial charge in [0.15, 0.2) is 0 Å². The molecule has 178 valence electrons. The van der Waals surface area contributed by atoms with Crippen LogP contribution in [0.3, 0.4) is 0 Å². The Hall–Kier alpha value is -2.71. The van der Waals surface area contributed by atoms with Crippen molar-refractivity contribution in [3.8, 4) is 6.01 Å². The van der Waals surface area contributed by atoms with E-state index in [-0.39, 0.29) is 12.7 Å². The Bertz CT molecular complexity index is 989. The zero-order valence-corrected chi connectivity index (χ0v) is 20.0. The Balaban J connectivity index is 1.50. The van der Waals surface area contributed by atoms with Gasteiger partial charge in [-0.25, -0.2) is 10.8 Å². The van der Waals surface area contributed by atoms with E-state index in [1.54, 1.807) is 13.2 Å². The Morgan fingerprint density at radius 3 is 2.70 bits per heavy atom. The molecule has 1 saturated carbocycles. The second-order valence-corrected chi connectivity index (χ2v) is 9.18. The number of hydrazine groups is 1. The molecule has 1 saturated heterocycles. The fraction of sp³-hybridized carbons (Fsp3) is 0.560. The molecule has 2 aliphatic rings. The minimum Gasteiger partial charge on any atom is -0.457 e. The largest absolute Gasteiger partial charge is 0.457 e. The average Bonchev–Trinajstić information content (AvgIpc) is 2.78. The third-order valence-corrected chi connectivity index (χ3v) is 6.97. The number of rotatable bonds is 8. The third kappa shape index (κ3) is 5.45. The van der Waals surface area contributed by atoms with Gasteiger partial charge in [-0.3, -0.25) is 4.98 Å². The third-order valence-electron chi connectivity index (χ3n) is 6.97. The van der Waals surface area contributed by atoms with E-state index in [9.17, 15) is 0 Å². The van der Waals surface area contributed by atoms with Crippen LogP contribution in [0.1, 0.15) is 80.1 Å². The molecule has 0 spiro atoms. The summed E-state index contributed by atoms with van der Waals surface area (Å²) in [6.07, 6.45) is 8.78. The van der Waals surface area contributed by atoms with E-state index >= 15 is 0 Å². The van der Waals surface area contributed by atoms with E-state index in [1.165, 1.54) is 30.7 Å². The lowest BCUT2D eigenvalue weighted by atomic mass is 9.83. The van der Waals surface area contributed by atoms with Crippen LogP contribution in [0.25, 0.3) is 5.70 Å². The van der Waals surface area contributed by atoms with E-state index < -0.39 is 0 Å². The van der Waals surface area contributed by atoms with Crippen molar-refractivity contribution in [3.05, 3.63) is 52.7 Å². The summed E-state index contributed by atoms with van der Waals surface area (Å²) in [5, 5.41) is 1.46. The monoisotopic (exact) mass is 452 g/mol. The van der Waals surface area contributed by atoms with Gasteiger partial charge in [-0.1, -0.05) is 25.8 Å². The van der Waals surface area contributed by atoms with Gasteiger partial charge in [0.2, 0.25) is 0 Å². The zero-order chi connectivity index (χ0) is 23.4. The van der Waals surface area contributed by atoms with Crippen LogP contribution in [-0.4, -0.2) is 40.2 Å². The topological polar surface area (TPSA) is 112 Å². The summed E-state index contributed by atoms with van der Waals surface area (Å²) in [4.78, 5) is 13.6. The minimum atomic E-state index is 0.0931. The van der Waals surface area contributed by atoms with Gasteiger partial charge >= 0.3 is 6.01 Å². The van der Waals surface area contributed by atoms with Gasteiger partial charge < -0.3 is 20.2 Å². The molecule has 0 amide bonds. The second-order valence-electron chi connectivity index (χ2n) is 9.18. The molecule has 0 aromatic carbocycles. The quantitative estimate of drug-likeness (QED) is 0.459. The Morgan fingerprint density at radius 1 is 1.21 bits per heavy atom. The number of nitrogens with zero attached hydrogens (tertiary/aromatic N) is 4. The lowest BCUT2D eigenvalue weighted by Crippen LogP contribution is -2.31. The molecule has 2 atom stereocenters. The average molecular weight is 453 g/mol. The van der Waals surface area contributed by atoms with Crippen LogP contribution in [0.15, 0.2) is 30.1 Å². The molecular formula is C25H36N6O2. The predicted molar refractivity (Wildman–Crippen MR) is 128 cm³/mol. The van der Waals surface area contributed by atoms with E-state index in [4.69, 9.17) is 26.0 Å². The maximum absolute atomic E-state index is 6.50. The fourth-order valence-corrected chi connectivity index (χ4v) is 4.52. The van der Waals surface area contributed by atoms with Crippen molar-refractivity contribution in [3.63, 3.8) is 0 Å². The summed E-state index contributed by atoms with van der Waals surface area (Å²) >= 11 is 0. The van der Waals surface area contributed by atoms with Crippen molar-refractivity contribution in [1.82, 2.24) is 20.0 Å². The Kier molecular flexibility index (Phi) is 7.45. The summed E-state index contributed by atoms with van der Waals surface area (Å²) < 4.78 is 11.9. The van der Waals surface area contributed by atoms with Crippen LogP contribution >= 0.6 is 0 Å². The van der Waals surface area contributed by atoms with Gasteiger partial charge in [0, 0.05) is 37.0 Å². The molecule has 0 bridgehead atoms. The smallest absolute Gasteiger partial charge is 0.316 e. The van der Waals surface area contributed by atoms with Gasteiger partial charge in [-0.2, -0.15) is 4.98 Å². The summed E-state index contributed by atoms with van der Waals surface area (Å²) in [6, 6.07) is 6.32. The molecule has 8 heteroatoms. The van der Waals surface area contributed by atoms with Gasteiger partial charge in [-0.05, 0) is 50.7 Å². The number of hydrogen-bond acceptors (Lipinski definition) is 8. The van der Waals surface area contributed by atoms with Gasteiger partial charge in [-0.15, -0.1) is 0 Å². The minimum absolute atomic E-state index is 0.0931. The molecule has 0 radical (unpaired) electrons. The maximum Gasteiger partial charge on any atom is 0.316 e. The molecule has 33 heavy (non-hydrogen) atoms. The summed E-state index contributed by atoms with van der Waals surface area (Å²) in [5.74, 6) is 7.30. The van der Waals surface area contributed by atoms with E-state index in [0.29, 0.717) is 34.9 Å². The molecule has 8 nitrogen and oxygen atoms in total. The van der Waals surface area contributed by atoms with Crippen LogP contribution in [-0.2, 0) is 4.74 Å². The fourth-order valence-electron chi connectivity index (χ4n) is 4.52. The molecule has 3 heterocycles. The highest BCUT2D eigenvalue weighted by molar-refractivity contribution is 5.63. The maximum atomic E-state index is 6.50. The van der Waals surface area contributed by atoms with Crippen LogP contribution in [0.5, 0.6) is 6.01 Å². The number of likely N-dealkylation sites (N-methyl/N-ethyl adjacent to an activating group) is 1. The molecule has 2 unspecified atom stereocenters. The lowest BCUT2D eigenvalue weighted by molar-refractivity contribution is -0.0116. The first-order valence-electron chi connectivity index (χ1n) is 12.0. The van der Waals surface area contributed by atoms with Crippen molar-refractivity contribution in [1.29, 1.82) is 0 Å². The highest BCUT2D eigenvalue weighted by Gasteiger charge is 2.25. The summed E-state index contributed by atoms with van der Waals surface area (Å²) in [5.41, 5.74) is 11.3. The van der Waals surface area contributed by atoms with Crippen molar-refractivity contribution in [2.45, 2.75) is 64.4 Å². The molecule has 4 rings (SSSR count). The summed E-state index contributed by atoms with van der Waals surface area (Å²) in [7, 11) is 1.74. The molecule has 1 aliphatic carbocycles. The highest BCUT2D eigenvalue weighted by atomic mass is 16.5.